The standard InChI is InChI=1S/C21H34N2O2S/c1-16-14-17(2)21(18(3)15-16)26(24,25)23-12-8-20(9-13-23)5-4-19-6-10-22-11-7-19/h14-15,19-20,22H,4-13H2,1-3H3. The van der Waals surface area contributed by atoms with E-state index in [4.69, 9.17) is 0 Å². The lowest BCUT2D eigenvalue weighted by molar-refractivity contribution is 0.239. The van der Waals surface area contributed by atoms with Gasteiger partial charge in [-0.15, -0.1) is 0 Å². The largest absolute Gasteiger partial charge is 0.317 e. The predicted molar refractivity (Wildman–Crippen MR) is 107 cm³/mol. The second-order valence-electron chi connectivity index (χ2n) is 8.35. The minimum absolute atomic E-state index is 0.524. The highest BCUT2D eigenvalue weighted by Crippen LogP contribution is 2.31. The van der Waals surface area contributed by atoms with Crippen LogP contribution in [-0.4, -0.2) is 38.9 Å². The second-order valence-corrected chi connectivity index (χ2v) is 10.2. The van der Waals surface area contributed by atoms with Crippen LogP contribution in [0, 0.1) is 32.6 Å². The van der Waals surface area contributed by atoms with E-state index in [9.17, 15) is 8.42 Å². The third kappa shape index (κ3) is 4.49. The molecule has 0 spiro atoms. The Bertz CT molecular complexity index is 693. The number of nitrogens with one attached hydrogen (secondary N) is 1. The Morgan fingerprint density at radius 3 is 1.96 bits per heavy atom. The number of nitrogens with zero attached hydrogens (tertiary/aromatic N) is 1. The first-order chi connectivity index (χ1) is 12.4. The smallest absolute Gasteiger partial charge is 0.243 e. The van der Waals surface area contributed by atoms with Gasteiger partial charge in [0.15, 0.2) is 0 Å². The van der Waals surface area contributed by atoms with Crippen molar-refractivity contribution in [1.82, 2.24) is 9.62 Å². The van der Waals surface area contributed by atoms with Gasteiger partial charge in [0.05, 0.1) is 4.90 Å². The fourth-order valence-corrected chi connectivity index (χ4v) is 6.66. The van der Waals surface area contributed by atoms with Crippen LogP contribution in [0.15, 0.2) is 17.0 Å². The molecule has 1 aromatic rings. The molecule has 2 heterocycles. The molecule has 4 nitrogen and oxygen atoms in total. The average molecular weight is 379 g/mol. The normalized spacial score (nSPS) is 21.2. The fourth-order valence-electron chi connectivity index (χ4n) is 4.78. The molecular weight excluding hydrogens is 344 g/mol. The highest BCUT2D eigenvalue weighted by atomic mass is 32.2. The number of hydrogen-bond donors (Lipinski definition) is 1. The molecule has 0 radical (unpaired) electrons. The molecule has 0 aromatic heterocycles. The van der Waals surface area contributed by atoms with Crippen molar-refractivity contribution in [2.24, 2.45) is 11.8 Å². The summed E-state index contributed by atoms with van der Waals surface area (Å²) in [6, 6.07) is 3.96. The topological polar surface area (TPSA) is 49.4 Å². The van der Waals surface area contributed by atoms with Crippen LogP contribution < -0.4 is 5.32 Å². The molecule has 26 heavy (non-hydrogen) atoms. The minimum atomic E-state index is -3.37. The highest BCUT2D eigenvalue weighted by Gasteiger charge is 2.31. The van der Waals surface area contributed by atoms with Gasteiger partial charge in [0.2, 0.25) is 10.0 Å². The van der Waals surface area contributed by atoms with Crippen molar-refractivity contribution in [2.45, 2.75) is 64.2 Å². The Morgan fingerprint density at radius 1 is 0.923 bits per heavy atom. The summed E-state index contributed by atoms with van der Waals surface area (Å²) in [5, 5.41) is 3.43. The Hall–Kier alpha value is -0.910. The summed E-state index contributed by atoms with van der Waals surface area (Å²) in [5.41, 5.74) is 2.86. The van der Waals surface area contributed by atoms with Gasteiger partial charge in [0, 0.05) is 13.1 Å². The minimum Gasteiger partial charge on any atom is -0.317 e. The first kappa shape index (κ1) is 19.8. The summed E-state index contributed by atoms with van der Waals surface area (Å²) < 4.78 is 28.1. The molecule has 146 valence electrons. The first-order valence-electron chi connectivity index (χ1n) is 10.2. The molecule has 2 saturated heterocycles. The number of benzene rings is 1. The van der Waals surface area contributed by atoms with Gasteiger partial charge in [0.25, 0.3) is 0 Å². The third-order valence-electron chi connectivity index (χ3n) is 6.22. The van der Waals surface area contributed by atoms with Crippen molar-refractivity contribution < 1.29 is 8.42 Å². The number of sulfonamides is 1. The lowest BCUT2D eigenvalue weighted by atomic mass is 9.86. The fraction of sp³-hybridized carbons (Fsp3) is 0.714. The molecule has 0 bridgehead atoms. The molecule has 3 rings (SSSR count). The van der Waals surface area contributed by atoms with Crippen molar-refractivity contribution in [3.8, 4) is 0 Å². The lowest BCUT2D eigenvalue weighted by Crippen LogP contribution is -2.39. The maximum Gasteiger partial charge on any atom is 0.243 e. The van der Waals surface area contributed by atoms with Crippen molar-refractivity contribution in [3.05, 3.63) is 28.8 Å². The molecule has 2 aliphatic rings. The van der Waals surface area contributed by atoms with Crippen LogP contribution in [0.25, 0.3) is 0 Å². The molecule has 1 aromatic carbocycles. The van der Waals surface area contributed by atoms with Gasteiger partial charge in [-0.25, -0.2) is 8.42 Å². The van der Waals surface area contributed by atoms with E-state index in [1.165, 1.54) is 25.7 Å². The van der Waals surface area contributed by atoms with Crippen LogP contribution in [0.1, 0.15) is 55.2 Å². The molecule has 0 saturated carbocycles. The summed E-state index contributed by atoms with van der Waals surface area (Å²) in [5.74, 6) is 1.56. The number of hydrogen-bond acceptors (Lipinski definition) is 3. The second kappa shape index (κ2) is 8.41. The Balaban J connectivity index is 1.58. The van der Waals surface area contributed by atoms with E-state index in [2.05, 4.69) is 5.32 Å². The molecule has 1 N–H and O–H groups in total. The number of piperidine rings is 2. The van der Waals surface area contributed by atoms with Gasteiger partial charge in [-0.1, -0.05) is 30.5 Å². The summed E-state index contributed by atoms with van der Waals surface area (Å²) in [4.78, 5) is 0.524. The average Bonchev–Trinajstić information content (AvgIpc) is 2.60. The SMILES string of the molecule is Cc1cc(C)c(S(=O)(=O)N2CCC(CCC3CCNCC3)CC2)c(C)c1. The third-order valence-corrected chi connectivity index (χ3v) is 8.42. The van der Waals surface area contributed by atoms with E-state index < -0.39 is 10.0 Å². The number of rotatable bonds is 5. The monoisotopic (exact) mass is 378 g/mol. The van der Waals surface area contributed by atoms with Gasteiger partial charge in [-0.2, -0.15) is 4.31 Å². The maximum atomic E-state index is 13.2. The van der Waals surface area contributed by atoms with Gasteiger partial charge >= 0.3 is 0 Å². The maximum absolute atomic E-state index is 13.2. The number of aryl methyl sites for hydroxylation is 3. The summed E-state index contributed by atoms with van der Waals surface area (Å²) in [7, 11) is -3.37. The highest BCUT2D eigenvalue weighted by molar-refractivity contribution is 7.89. The van der Waals surface area contributed by atoms with E-state index in [0.717, 1.165) is 48.5 Å². The van der Waals surface area contributed by atoms with Crippen LogP contribution in [0.2, 0.25) is 0 Å². The zero-order valence-corrected chi connectivity index (χ0v) is 17.4. The van der Waals surface area contributed by atoms with Crippen LogP contribution in [0.4, 0.5) is 0 Å². The summed E-state index contributed by atoms with van der Waals surface area (Å²) in [6.07, 6.45) is 7.21. The lowest BCUT2D eigenvalue weighted by Gasteiger charge is -2.33. The first-order valence-corrected chi connectivity index (χ1v) is 11.6. The van der Waals surface area contributed by atoms with Crippen molar-refractivity contribution in [2.75, 3.05) is 26.2 Å². The van der Waals surface area contributed by atoms with E-state index in [0.29, 0.717) is 23.9 Å². The summed E-state index contributed by atoms with van der Waals surface area (Å²) in [6.45, 7) is 9.52. The van der Waals surface area contributed by atoms with E-state index >= 15 is 0 Å². The predicted octanol–water partition coefficient (Wildman–Crippen LogP) is 3.79. The van der Waals surface area contributed by atoms with E-state index in [1.807, 2.05) is 32.9 Å². The Morgan fingerprint density at radius 2 is 1.42 bits per heavy atom. The molecule has 0 aliphatic carbocycles. The van der Waals surface area contributed by atoms with Crippen molar-refractivity contribution >= 4 is 10.0 Å². The molecule has 0 amide bonds. The quantitative estimate of drug-likeness (QED) is 0.848. The molecular formula is C21H34N2O2S. The molecule has 0 unspecified atom stereocenters. The van der Waals surface area contributed by atoms with Gasteiger partial charge in [-0.3, -0.25) is 0 Å². The van der Waals surface area contributed by atoms with E-state index in [-0.39, 0.29) is 0 Å². The zero-order chi connectivity index (χ0) is 18.7. The molecule has 5 heteroatoms. The van der Waals surface area contributed by atoms with Crippen molar-refractivity contribution in [1.29, 1.82) is 0 Å². The van der Waals surface area contributed by atoms with Crippen LogP contribution in [-0.2, 0) is 10.0 Å². The Labute approximate surface area is 159 Å². The van der Waals surface area contributed by atoms with Gasteiger partial charge in [-0.05, 0) is 82.5 Å². The van der Waals surface area contributed by atoms with Crippen LogP contribution in [0.3, 0.4) is 0 Å². The van der Waals surface area contributed by atoms with E-state index in [1.54, 1.807) is 4.31 Å². The molecule has 2 aliphatic heterocycles. The van der Waals surface area contributed by atoms with Crippen LogP contribution >= 0.6 is 0 Å². The van der Waals surface area contributed by atoms with Gasteiger partial charge < -0.3 is 5.32 Å². The molecule has 2 fully saturated rings. The summed E-state index contributed by atoms with van der Waals surface area (Å²) >= 11 is 0. The molecule has 0 atom stereocenters. The van der Waals surface area contributed by atoms with Gasteiger partial charge in [0.1, 0.15) is 0 Å². The zero-order valence-electron chi connectivity index (χ0n) is 16.6. The Kier molecular flexibility index (Phi) is 6.41. The van der Waals surface area contributed by atoms with Crippen molar-refractivity contribution in [3.63, 3.8) is 0 Å². The van der Waals surface area contributed by atoms with Crippen LogP contribution in [0.5, 0.6) is 0 Å².